The zero-order chi connectivity index (χ0) is 15.6. The Labute approximate surface area is 130 Å². The molecule has 1 atom stereocenters. The highest BCUT2D eigenvalue weighted by molar-refractivity contribution is 5.37. The molecule has 1 aliphatic carbocycles. The fourth-order valence-corrected chi connectivity index (χ4v) is 4.06. The van der Waals surface area contributed by atoms with Crippen LogP contribution in [0.4, 0.5) is 0 Å². The smallest absolute Gasteiger partial charge is 0.0507 e. The van der Waals surface area contributed by atoms with Crippen LogP contribution in [0.25, 0.3) is 0 Å². The third-order valence-corrected chi connectivity index (χ3v) is 5.81. The Balaban J connectivity index is 2.43. The van der Waals surface area contributed by atoms with E-state index in [1.54, 1.807) is 0 Å². The van der Waals surface area contributed by atoms with Crippen LogP contribution in [-0.2, 0) is 0 Å². The van der Waals surface area contributed by atoms with Crippen molar-refractivity contribution in [1.82, 2.24) is 10.2 Å². The van der Waals surface area contributed by atoms with Crippen LogP contribution < -0.4 is 5.32 Å². The van der Waals surface area contributed by atoms with Gasteiger partial charge < -0.3 is 10.2 Å². The summed E-state index contributed by atoms with van der Waals surface area (Å²) in [6, 6.07) is 7.14. The van der Waals surface area contributed by atoms with E-state index in [1.807, 2.05) is 0 Å². The summed E-state index contributed by atoms with van der Waals surface area (Å²) in [5.41, 5.74) is 4.54. The third kappa shape index (κ3) is 3.02. The van der Waals surface area contributed by atoms with Gasteiger partial charge in [0.15, 0.2) is 0 Å². The van der Waals surface area contributed by atoms with E-state index >= 15 is 0 Å². The van der Waals surface area contributed by atoms with E-state index in [-0.39, 0.29) is 5.54 Å². The second-order valence-electron chi connectivity index (χ2n) is 7.19. The van der Waals surface area contributed by atoms with Crippen LogP contribution in [0.3, 0.4) is 0 Å². The molecule has 0 heterocycles. The zero-order valence-electron chi connectivity index (χ0n) is 14.7. The predicted molar refractivity (Wildman–Crippen MR) is 91.8 cm³/mol. The van der Waals surface area contributed by atoms with Gasteiger partial charge in [-0.05, 0) is 83.3 Å². The molecular formula is C19H32N2. The molecule has 1 fully saturated rings. The van der Waals surface area contributed by atoms with Crippen molar-refractivity contribution in [2.24, 2.45) is 5.92 Å². The molecule has 1 aromatic carbocycles. The van der Waals surface area contributed by atoms with Crippen molar-refractivity contribution in [2.75, 3.05) is 21.1 Å². The molecule has 2 nitrogen and oxygen atoms in total. The maximum Gasteiger partial charge on any atom is 0.0507 e. The number of aryl methyl sites for hydroxylation is 1. The highest BCUT2D eigenvalue weighted by atomic mass is 15.2. The molecule has 1 aliphatic rings. The lowest BCUT2D eigenvalue weighted by Crippen LogP contribution is -2.55. The van der Waals surface area contributed by atoms with Gasteiger partial charge in [0.05, 0.1) is 6.04 Å². The minimum Gasteiger partial charge on any atom is -0.311 e. The minimum atomic E-state index is 0.236. The summed E-state index contributed by atoms with van der Waals surface area (Å²) in [5.74, 6) is 0.870. The maximum atomic E-state index is 3.65. The summed E-state index contributed by atoms with van der Waals surface area (Å²) in [4.78, 5) is 2.47. The van der Waals surface area contributed by atoms with Crippen molar-refractivity contribution in [3.05, 3.63) is 34.9 Å². The molecule has 0 bridgehead atoms. The molecule has 1 aromatic rings. The Morgan fingerprint density at radius 3 is 2.33 bits per heavy atom. The first kappa shape index (κ1) is 16.5. The standard InChI is InChI=1S/C19H32N2/c1-14-10-12-19(13-11-14,21(5)6)18(20-4)17-9-7-8-15(2)16(17)3/h7-9,14,18,20H,10-13H2,1-6H3. The number of nitrogens with zero attached hydrogens (tertiary/aromatic N) is 1. The Hall–Kier alpha value is -0.860. The van der Waals surface area contributed by atoms with Gasteiger partial charge >= 0.3 is 0 Å². The Bertz CT molecular complexity index is 470. The largest absolute Gasteiger partial charge is 0.311 e. The van der Waals surface area contributed by atoms with E-state index in [2.05, 4.69) is 70.3 Å². The number of rotatable bonds is 4. The highest BCUT2D eigenvalue weighted by Crippen LogP contribution is 2.44. The number of hydrogen-bond donors (Lipinski definition) is 1. The van der Waals surface area contributed by atoms with Crippen LogP contribution in [0.2, 0.25) is 0 Å². The van der Waals surface area contributed by atoms with Crippen molar-refractivity contribution in [3.63, 3.8) is 0 Å². The van der Waals surface area contributed by atoms with Crippen molar-refractivity contribution in [2.45, 2.75) is 58.0 Å². The first-order valence-corrected chi connectivity index (χ1v) is 8.33. The quantitative estimate of drug-likeness (QED) is 0.898. The molecule has 1 saturated carbocycles. The lowest BCUT2D eigenvalue weighted by atomic mass is 9.69. The van der Waals surface area contributed by atoms with Crippen molar-refractivity contribution in [1.29, 1.82) is 0 Å². The van der Waals surface area contributed by atoms with Crippen molar-refractivity contribution < 1.29 is 0 Å². The minimum absolute atomic E-state index is 0.236. The molecule has 1 unspecified atom stereocenters. The summed E-state index contributed by atoms with van der Waals surface area (Å²) in [5, 5.41) is 3.65. The molecular weight excluding hydrogens is 256 g/mol. The van der Waals surface area contributed by atoms with Gasteiger partial charge in [-0.15, -0.1) is 0 Å². The van der Waals surface area contributed by atoms with Gasteiger partial charge in [0.2, 0.25) is 0 Å². The molecule has 0 amide bonds. The van der Waals surface area contributed by atoms with Gasteiger partial charge in [-0.25, -0.2) is 0 Å². The first-order chi connectivity index (χ1) is 9.92. The molecule has 0 radical (unpaired) electrons. The molecule has 2 rings (SSSR count). The van der Waals surface area contributed by atoms with Gasteiger partial charge in [0.1, 0.15) is 0 Å². The molecule has 2 heteroatoms. The summed E-state index contributed by atoms with van der Waals surface area (Å²) in [6.45, 7) is 6.88. The van der Waals surface area contributed by atoms with Crippen LogP contribution in [0.5, 0.6) is 0 Å². The van der Waals surface area contributed by atoms with Crippen molar-refractivity contribution >= 4 is 0 Å². The number of hydrogen-bond acceptors (Lipinski definition) is 2. The summed E-state index contributed by atoms with van der Waals surface area (Å²) < 4.78 is 0. The van der Waals surface area contributed by atoms with Gasteiger partial charge in [0, 0.05) is 5.54 Å². The SMILES string of the molecule is CNC(c1cccc(C)c1C)C1(N(C)C)CCC(C)CC1. The molecule has 1 N–H and O–H groups in total. The summed E-state index contributed by atoms with van der Waals surface area (Å²) >= 11 is 0. The maximum absolute atomic E-state index is 3.65. The van der Waals surface area contributed by atoms with E-state index in [9.17, 15) is 0 Å². The fraction of sp³-hybridized carbons (Fsp3) is 0.684. The summed E-state index contributed by atoms with van der Waals surface area (Å²) in [7, 11) is 6.63. The van der Waals surface area contributed by atoms with E-state index in [1.165, 1.54) is 42.4 Å². The van der Waals surface area contributed by atoms with Crippen LogP contribution >= 0.6 is 0 Å². The second-order valence-corrected chi connectivity index (χ2v) is 7.19. The van der Waals surface area contributed by atoms with Crippen LogP contribution in [0.1, 0.15) is 55.3 Å². The average molecular weight is 288 g/mol. The second kappa shape index (κ2) is 6.50. The van der Waals surface area contributed by atoms with E-state index in [0.717, 1.165) is 5.92 Å². The number of nitrogens with one attached hydrogen (secondary N) is 1. The van der Waals surface area contributed by atoms with Crippen molar-refractivity contribution in [3.8, 4) is 0 Å². The molecule has 118 valence electrons. The van der Waals surface area contributed by atoms with Gasteiger partial charge in [-0.1, -0.05) is 25.1 Å². The lowest BCUT2D eigenvalue weighted by molar-refractivity contribution is 0.0453. The highest BCUT2D eigenvalue weighted by Gasteiger charge is 2.43. The zero-order valence-corrected chi connectivity index (χ0v) is 14.7. The number of benzene rings is 1. The molecule has 0 aliphatic heterocycles. The molecule has 21 heavy (non-hydrogen) atoms. The monoisotopic (exact) mass is 288 g/mol. The van der Waals surface area contributed by atoms with E-state index in [0.29, 0.717) is 6.04 Å². The van der Waals surface area contributed by atoms with E-state index < -0.39 is 0 Å². The van der Waals surface area contributed by atoms with Crippen LogP contribution in [0.15, 0.2) is 18.2 Å². The molecule has 0 spiro atoms. The Morgan fingerprint density at radius 2 is 1.81 bits per heavy atom. The molecule has 0 aromatic heterocycles. The van der Waals surface area contributed by atoms with E-state index in [4.69, 9.17) is 0 Å². The molecule has 0 saturated heterocycles. The van der Waals surface area contributed by atoms with Gasteiger partial charge in [-0.2, -0.15) is 0 Å². The lowest BCUT2D eigenvalue weighted by Gasteiger charge is -2.50. The van der Waals surface area contributed by atoms with Crippen LogP contribution in [0, 0.1) is 19.8 Å². The fourth-order valence-electron chi connectivity index (χ4n) is 4.06. The normalized spacial score (nSPS) is 27.9. The predicted octanol–water partition coefficient (Wildman–Crippen LogP) is 4.07. The third-order valence-electron chi connectivity index (χ3n) is 5.81. The Morgan fingerprint density at radius 1 is 1.19 bits per heavy atom. The summed E-state index contributed by atoms with van der Waals surface area (Å²) in [6.07, 6.45) is 5.22. The Kier molecular flexibility index (Phi) is 5.11. The van der Waals surface area contributed by atoms with Crippen LogP contribution in [-0.4, -0.2) is 31.6 Å². The average Bonchev–Trinajstić information content (AvgIpc) is 2.46. The first-order valence-electron chi connectivity index (χ1n) is 8.33. The van der Waals surface area contributed by atoms with Gasteiger partial charge in [-0.3, -0.25) is 0 Å². The van der Waals surface area contributed by atoms with Gasteiger partial charge in [0.25, 0.3) is 0 Å². The topological polar surface area (TPSA) is 15.3 Å². The number of likely N-dealkylation sites (N-methyl/N-ethyl adjacent to an activating group) is 2.